The number of halogens is 1. The zero-order valence-corrected chi connectivity index (χ0v) is 10.3. The number of nitriles is 1. The molecule has 1 N–H and O–H groups in total. The van der Waals surface area contributed by atoms with Crippen LogP contribution in [-0.4, -0.2) is 19.2 Å². The van der Waals surface area contributed by atoms with Crippen molar-refractivity contribution in [2.45, 2.75) is 31.9 Å². The summed E-state index contributed by atoms with van der Waals surface area (Å²) in [5.74, 6) is -0.477. The van der Waals surface area contributed by atoms with Gasteiger partial charge in [-0.15, -0.1) is 0 Å². The molecule has 1 fully saturated rings. The Morgan fingerprint density at radius 3 is 3.06 bits per heavy atom. The molecule has 18 heavy (non-hydrogen) atoms. The van der Waals surface area contributed by atoms with Gasteiger partial charge in [0.15, 0.2) is 0 Å². The molecule has 1 atom stereocenters. The van der Waals surface area contributed by atoms with Crippen LogP contribution in [-0.2, 0) is 11.3 Å². The molecule has 3 nitrogen and oxygen atoms in total. The van der Waals surface area contributed by atoms with Crippen molar-refractivity contribution in [2.24, 2.45) is 0 Å². The number of ether oxygens (including phenoxy) is 1. The number of nitrogens with one attached hydrogen (secondary N) is 1. The number of hydrogen-bond acceptors (Lipinski definition) is 3. The highest BCUT2D eigenvalue weighted by molar-refractivity contribution is 5.34. The molecule has 0 saturated carbocycles. The average Bonchev–Trinajstić information content (AvgIpc) is 2.42. The maximum absolute atomic E-state index is 13.1. The molecule has 1 aliphatic heterocycles. The van der Waals surface area contributed by atoms with Crippen molar-refractivity contribution >= 4 is 0 Å². The molecule has 4 heteroatoms. The van der Waals surface area contributed by atoms with Crippen LogP contribution in [0.3, 0.4) is 0 Å². The predicted octanol–water partition coefficient (Wildman–Crippen LogP) is 2.36. The highest BCUT2D eigenvalue weighted by Gasteiger charge is 2.12. The van der Waals surface area contributed by atoms with Crippen LogP contribution in [0.2, 0.25) is 0 Å². The van der Waals surface area contributed by atoms with Gasteiger partial charge in [-0.05, 0) is 37.1 Å². The summed E-state index contributed by atoms with van der Waals surface area (Å²) < 4.78 is 18.7. The van der Waals surface area contributed by atoms with Crippen LogP contribution in [0.25, 0.3) is 0 Å². The molecule has 0 radical (unpaired) electrons. The summed E-state index contributed by atoms with van der Waals surface area (Å²) in [5, 5.41) is 12.1. The lowest BCUT2D eigenvalue weighted by molar-refractivity contribution is 0.0911. The van der Waals surface area contributed by atoms with E-state index < -0.39 is 5.82 Å². The second-order valence-electron chi connectivity index (χ2n) is 4.59. The van der Waals surface area contributed by atoms with Gasteiger partial charge < -0.3 is 10.1 Å². The van der Waals surface area contributed by atoms with Crippen LogP contribution in [0.5, 0.6) is 0 Å². The van der Waals surface area contributed by atoms with Crippen LogP contribution >= 0.6 is 0 Å². The summed E-state index contributed by atoms with van der Waals surface area (Å²) in [6.07, 6.45) is 3.63. The predicted molar refractivity (Wildman–Crippen MR) is 66.4 cm³/mol. The highest BCUT2D eigenvalue weighted by Crippen LogP contribution is 2.12. The van der Waals surface area contributed by atoms with Crippen molar-refractivity contribution in [1.82, 2.24) is 5.32 Å². The highest BCUT2D eigenvalue weighted by atomic mass is 19.1. The molecule has 0 aromatic heterocycles. The quantitative estimate of drug-likeness (QED) is 0.889. The molecule has 96 valence electrons. The molecular weight excluding hydrogens is 231 g/mol. The Kier molecular flexibility index (Phi) is 4.68. The standard InChI is InChI=1S/C14H17FN2O/c15-14-5-4-11(7-12(14)8-16)9-18-10-13-3-1-2-6-17-13/h4-5,7,13,17H,1-3,6,9-10H2. The first-order chi connectivity index (χ1) is 8.79. The number of hydrogen-bond donors (Lipinski definition) is 1. The smallest absolute Gasteiger partial charge is 0.140 e. The molecule has 1 unspecified atom stereocenters. The molecule has 0 bridgehead atoms. The number of rotatable bonds is 4. The average molecular weight is 248 g/mol. The van der Waals surface area contributed by atoms with E-state index in [9.17, 15) is 4.39 Å². The van der Waals surface area contributed by atoms with E-state index in [4.69, 9.17) is 10.00 Å². The van der Waals surface area contributed by atoms with Crippen LogP contribution in [0, 0.1) is 17.1 Å². The van der Waals surface area contributed by atoms with Gasteiger partial charge >= 0.3 is 0 Å². The molecule has 1 heterocycles. The summed E-state index contributed by atoms with van der Waals surface area (Å²) in [7, 11) is 0. The summed E-state index contributed by atoms with van der Waals surface area (Å²) in [5.41, 5.74) is 0.913. The number of piperidine rings is 1. The van der Waals surface area contributed by atoms with Crippen molar-refractivity contribution in [3.63, 3.8) is 0 Å². The molecule has 1 aromatic carbocycles. The molecule has 1 aliphatic rings. The second-order valence-corrected chi connectivity index (χ2v) is 4.59. The van der Waals surface area contributed by atoms with E-state index in [2.05, 4.69) is 5.32 Å². The van der Waals surface area contributed by atoms with Gasteiger partial charge in [0.2, 0.25) is 0 Å². The first kappa shape index (κ1) is 13.0. The Morgan fingerprint density at radius 1 is 1.44 bits per heavy atom. The summed E-state index contributed by atoms with van der Waals surface area (Å²) in [4.78, 5) is 0. The molecular formula is C14H17FN2O. The van der Waals surface area contributed by atoms with Gasteiger partial charge in [0.1, 0.15) is 11.9 Å². The third-order valence-electron chi connectivity index (χ3n) is 3.15. The van der Waals surface area contributed by atoms with E-state index in [0.29, 0.717) is 19.3 Å². The summed E-state index contributed by atoms with van der Waals surface area (Å²) in [6, 6.07) is 6.78. The second kappa shape index (κ2) is 6.48. The topological polar surface area (TPSA) is 45.0 Å². The van der Waals surface area contributed by atoms with Crippen LogP contribution in [0.4, 0.5) is 4.39 Å². The minimum Gasteiger partial charge on any atom is -0.375 e. The van der Waals surface area contributed by atoms with E-state index >= 15 is 0 Å². The zero-order chi connectivity index (χ0) is 12.8. The lowest BCUT2D eigenvalue weighted by Crippen LogP contribution is -2.37. The monoisotopic (exact) mass is 248 g/mol. The van der Waals surface area contributed by atoms with Crippen molar-refractivity contribution in [3.8, 4) is 6.07 Å². The van der Waals surface area contributed by atoms with E-state index in [-0.39, 0.29) is 5.56 Å². The fraction of sp³-hybridized carbons (Fsp3) is 0.500. The number of benzene rings is 1. The van der Waals surface area contributed by atoms with E-state index in [1.165, 1.54) is 18.9 Å². The Morgan fingerprint density at radius 2 is 2.33 bits per heavy atom. The maximum atomic E-state index is 13.1. The third-order valence-corrected chi connectivity index (χ3v) is 3.15. The molecule has 0 spiro atoms. The van der Waals surface area contributed by atoms with Crippen molar-refractivity contribution in [1.29, 1.82) is 5.26 Å². The summed E-state index contributed by atoms with van der Waals surface area (Å²) >= 11 is 0. The Hall–Kier alpha value is -1.44. The van der Waals surface area contributed by atoms with Gasteiger partial charge in [0, 0.05) is 6.04 Å². The Balaban J connectivity index is 1.81. The molecule has 0 amide bonds. The van der Waals surface area contributed by atoms with Gasteiger partial charge in [-0.25, -0.2) is 4.39 Å². The molecule has 0 aliphatic carbocycles. The fourth-order valence-electron chi connectivity index (χ4n) is 2.13. The van der Waals surface area contributed by atoms with E-state index in [1.807, 2.05) is 6.07 Å². The lowest BCUT2D eigenvalue weighted by atomic mass is 10.1. The third kappa shape index (κ3) is 3.52. The van der Waals surface area contributed by atoms with Gasteiger partial charge in [-0.3, -0.25) is 0 Å². The molecule has 1 aromatic rings. The van der Waals surface area contributed by atoms with E-state index in [0.717, 1.165) is 18.5 Å². The van der Waals surface area contributed by atoms with Crippen LogP contribution in [0.1, 0.15) is 30.4 Å². The van der Waals surface area contributed by atoms with Crippen molar-refractivity contribution in [3.05, 3.63) is 35.1 Å². The van der Waals surface area contributed by atoms with Gasteiger partial charge in [0.25, 0.3) is 0 Å². The van der Waals surface area contributed by atoms with Crippen molar-refractivity contribution in [2.75, 3.05) is 13.2 Å². The zero-order valence-electron chi connectivity index (χ0n) is 10.3. The van der Waals surface area contributed by atoms with Gasteiger partial charge in [0.05, 0.1) is 18.8 Å². The Labute approximate surface area is 107 Å². The molecule has 1 saturated heterocycles. The summed E-state index contributed by atoms with van der Waals surface area (Å²) in [6.45, 7) is 2.15. The fourth-order valence-corrected chi connectivity index (χ4v) is 2.13. The van der Waals surface area contributed by atoms with Crippen LogP contribution < -0.4 is 5.32 Å². The maximum Gasteiger partial charge on any atom is 0.140 e. The Bertz CT molecular complexity index is 436. The number of nitrogens with zero attached hydrogens (tertiary/aromatic N) is 1. The first-order valence-corrected chi connectivity index (χ1v) is 6.29. The van der Waals surface area contributed by atoms with Crippen LogP contribution in [0.15, 0.2) is 18.2 Å². The van der Waals surface area contributed by atoms with Crippen molar-refractivity contribution < 1.29 is 9.13 Å². The SMILES string of the molecule is N#Cc1cc(COCC2CCCCN2)ccc1F. The minimum absolute atomic E-state index is 0.0758. The lowest BCUT2D eigenvalue weighted by Gasteiger charge is -2.23. The molecule has 2 rings (SSSR count). The van der Waals surface area contributed by atoms with E-state index in [1.54, 1.807) is 12.1 Å². The van der Waals surface area contributed by atoms with Gasteiger partial charge in [-0.1, -0.05) is 12.5 Å². The largest absolute Gasteiger partial charge is 0.375 e. The van der Waals surface area contributed by atoms with Gasteiger partial charge in [-0.2, -0.15) is 5.26 Å². The minimum atomic E-state index is -0.477. The first-order valence-electron chi connectivity index (χ1n) is 6.29. The normalized spacial score (nSPS) is 19.4.